The van der Waals surface area contributed by atoms with Crippen LogP contribution in [-0.4, -0.2) is 44.2 Å². The van der Waals surface area contributed by atoms with Crippen LogP contribution >= 0.6 is 0 Å². The fourth-order valence-corrected chi connectivity index (χ4v) is 3.93. The Kier molecular flexibility index (Phi) is 4.84. The average molecular weight is 306 g/mol. The molecule has 1 amide bonds. The lowest BCUT2D eigenvalue weighted by Gasteiger charge is -2.36. The highest BCUT2D eigenvalue weighted by atomic mass is 16.5. The highest BCUT2D eigenvalue weighted by Crippen LogP contribution is 2.34. The minimum absolute atomic E-state index is 0.136. The van der Waals surface area contributed by atoms with E-state index in [0.717, 1.165) is 57.1 Å². The molecule has 0 spiro atoms. The fraction of sp³-hybridized carbons (Fsp3) is 0.706. The van der Waals surface area contributed by atoms with Gasteiger partial charge in [-0.25, -0.2) is 0 Å². The molecule has 5 nitrogen and oxygen atoms in total. The van der Waals surface area contributed by atoms with Gasteiger partial charge in [0.15, 0.2) is 0 Å². The molecule has 1 aromatic rings. The standard InChI is InChI=1S/C17H26N2O3/c1-12-3-4-14(22-12)10-19-7-5-15-13(11-21-2)9-18-17(20)16(15)6-8-19/h3-4,13,15-16H,5-11H2,1-2H3,(H,18,20)/t13-,15-,16-/m1/s1. The molecule has 2 fully saturated rings. The van der Waals surface area contributed by atoms with Crippen LogP contribution in [0.3, 0.4) is 0 Å². The highest BCUT2D eigenvalue weighted by molar-refractivity contribution is 5.79. The van der Waals surface area contributed by atoms with E-state index in [1.807, 2.05) is 19.1 Å². The quantitative estimate of drug-likeness (QED) is 0.922. The van der Waals surface area contributed by atoms with Crippen LogP contribution in [0.5, 0.6) is 0 Å². The van der Waals surface area contributed by atoms with Crippen molar-refractivity contribution in [1.82, 2.24) is 10.2 Å². The van der Waals surface area contributed by atoms with E-state index in [0.29, 0.717) is 11.8 Å². The van der Waals surface area contributed by atoms with Crippen molar-refractivity contribution >= 4 is 5.91 Å². The maximum atomic E-state index is 12.2. The number of nitrogens with zero attached hydrogens (tertiary/aromatic N) is 1. The first kappa shape index (κ1) is 15.6. The predicted octanol–water partition coefficient (Wildman–Crippen LogP) is 1.81. The van der Waals surface area contributed by atoms with Crippen molar-refractivity contribution in [2.24, 2.45) is 17.8 Å². The van der Waals surface area contributed by atoms with Gasteiger partial charge in [-0.05, 0) is 50.9 Å². The van der Waals surface area contributed by atoms with Crippen LogP contribution in [0.25, 0.3) is 0 Å². The first-order valence-corrected chi connectivity index (χ1v) is 8.21. The van der Waals surface area contributed by atoms with Crippen molar-refractivity contribution in [3.05, 3.63) is 23.7 Å². The van der Waals surface area contributed by atoms with E-state index in [1.54, 1.807) is 7.11 Å². The van der Waals surface area contributed by atoms with Gasteiger partial charge in [0.05, 0.1) is 13.2 Å². The van der Waals surface area contributed by atoms with E-state index in [-0.39, 0.29) is 11.8 Å². The van der Waals surface area contributed by atoms with Crippen molar-refractivity contribution in [1.29, 1.82) is 0 Å². The zero-order valence-corrected chi connectivity index (χ0v) is 13.5. The van der Waals surface area contributed by atoms with Crippen LogP contribution in [0.2, 0.25) is 0 Å². The van der Waals surface area contributed by atoms with Gasteiger partial charge in [-0.15, -0.1) is 0 Å². The van der Waals surface area contributed by atoms with Gasteiger partial charge in [-0.2, -0.15) is 0 Å². The maximum Gasteiger partial charge on any atom is 0.223 e. The molecule has 2 aliphatic heterocycles. The molecule has 5 heteroatoms. The van der Waals surface area contributed by atoms with Gasteiger partial charge >= 0.3 is 0 Å². The zero-order chi connectivity index (χ0) is 15.5. The summed E-state index contributed by atoms with van der Waals surface area (Å²) in [4.78, 5) is 14.6. The van der Waals surface area contributed by atoms with E-state index >= 15 is 0 Å². The van der Waals surface area contributed by atoms with Gasteiger partial charge in [0.25, 0.3) is 0 Å². The van der Waals surface area contributed by atoms with Crippen LogP contribution < -0.4 is 5.32 Å². The van der Waals surface area contributed by atoms with Gasteiger partial charge in [0.1, 0.15) is 11.5 Å². The molecular formula is C17H26N2O3. The fourth-order valence-electron chi connectivity index (χ4n) is 3.93. The minimum atomic E-state index is 0.136. The topological polar surface area (TPSA) is 54.7 Å². The normalized spacial score (nSPS) is 29.7. The SMILES string of the molecule is COC[C@H]1CNC(=O)[C@@H]2CCN(Cc3ccc(C)o3)CC[C@H]12. The summed E-state index contributed by atoms with van der Waals surface area (Å²) in [6.07, 6.45) is 1.99. The maximum absolute atomic E-state index is 12.2. The molecule has 0 aliphatic carbocycles. The molecule has 0 aromatic carbocycles. The molecule has 122 valence electrons. The summed E-state index contributed by atoms with van der Waals surface area (Å²) in [5.41, 5.74) is 0. The Balaban J connectivity index is 1.65. The number of amides is 1. The summed E-state index contributed by atoms with van der Waals surface area (Å²) < 4.78 is 11.0. The summed E-state index contributed by atoms with van der Waals surface area (Å²) in [7, 11) is 1.74. The molecular weight excluding hydrogens is 280 g/mol. The average Bonchev–Trinajstić information content (AvgIpc) is 2.78. The van der Waals surface area contributed by atoms with E-state index in [4.69, 9.17) is 9.15 Å². The molecule has 3 heterocycles. The lowest BCUT2D eigenvalue weighted by atomic mass is 9.75. The van der Waals surface area contributed by atoms with Gasteiger partial charge < -0.3 is 14.5 Å². The molecule has 3 atom stereocenters. The lowest BCUT2D eigenvalue weighted by molar-refractivity contribution is -0.131. The second-order valence-corrected chi connectivity index (χ2v) is 6.60. The predicted molar refractivity (Wildman–Crippen MR) is 83.3 cm³/mol. The zero-order valence-electron chi connectivity index (χ0n) is 13.5. The number of likely N-dealkylation sites (tertiary alicyclic amines) is 1. The summed E-state index contributed by atoms with van der Waals surface area (Å²) in [6.45, 7) is 6.27. The largest absolute Gasteiger partial charge is 0.465 e. The number of carbonyl (C=O) groups is 1. The molecule has 0 saturated carbocycles. The van der Waals surface area contributed by atoms with Crippen molar-refractivity contribution in [3.8, 4) is 0 Å². The number of aryl methyl sites for hydroxylation is 1. The molecule has 1 aromatic heterocycles. The number of rotatable bonds is 4. The Bertz CT molecular complexity index is 514. The van der Waals surface area contributed by atoms with E-state index < -0.39 is 0 Å². The summed E-state index contributed by atoms with van der Waals surface area (Å²) in [5.74, 6) is 3.22. The molecule has 2 aliphatic rings. The van der Waals surface area contributed by atoms with Gasteiger partial charge in [0.2, 0.25) is 5.91 Å². The number of methoxy groups -OCH3 is 1. The minimum Gasteiger partial charge on any atom is -0.465 e. The molecule has 2 saturated heterocycles. The lowest BCUT2D eigenvalue weighted by Crippen LogP contribution is -2.49. The summed E-state index contributed by atoms with van der Waals surface area (Å²) in [5, 5.41) is 3.06. The second-order valence-electron chi connectivity index (χ2n) is 6.60. The number of furan rings is 1. The van der Waals surface area contributed by atoms with Crippen molar-refractivity contribution < 1.29 is 13.9 Å². The van der Waals surface area contributed by atoms with Crippen molar-refractivity contribution in [2.45, 2.75) is 26.3 Å². The summed E-state index contributed by atoms with van der Waals surface area (Å²) >= 11 is 0. The highest BCUT2D eigenvalue weighted by Gasteiger charge is 2.40. The van der Waals surface area contributed by atoms with Crippen LogP contribution in [0.15, 0.2) is 16.5 Å². The third-order valence-electron chi connectivity index (χ3n) is 5.09. The van der Waals surface area contributed by atoms with Crippen molar-refractivity contribution in [3.63, 3.8) is 0 Å². The number of carbonyl (C=O) groups excluding carboxylic acids is 1. The Morgan fingerprint density at radius 3 is 2.91 bits per heavy atom. The monoisotopic (exact) mass is 306 g/mol. The summed E-state index contributed by atoms with van der Waals surface area (Å²) in [6, 6.07) is 4.06. The first-order valence-electron chi connectivity index (χ1n) is 8.21. The smallest absolute Gasteiger partial charge is 0.223 e. The number of hydrogen-bond donors (Lipinski definition) is 1. The Morgan fingerprint density at radius 2 is 2.18 bits per heavy atom. The van der Waals surface area contributed by atoms with E-state index in [2.05, 4.69) is 10.2 Å². The second kappa shape index (κ2) is 6.84. The number of ether oxygens (including phenoxy) is 1. The van der Waals surface area contributed by atoms with Crippen LogP contribution in [-0.2, 0) is 16.1 Å². The Labute approximate surface area is 132 Å². The molecule has 1 N–H and O–H groups in total. The van der Waals surface area contributed by atoms with Gasteiger partial charge in [0, 0.05) is 25.5 Å². The van der Waals surface area contributed by atoms with Gasteiger partial charge in [-0.1, -0.05) is 0 Å². The molecule has 0 bridgehead atoms. The Hall–Kier alpha value is -1.33. The number of fused-ring (bicyclic) bond motifs is 1. The van der Waals surface area contributed by atoms with Crippen molar-refractivity contribution in [2.75, 3.05) is 33.4 Å². The van der Waals surface area contributed by atoms with Gasteiger partial charge in [-0.3, -0.25) is 9.69 Å². The van der Waals surface area contributed by atoms with E-state index in [9.17, 15) is 4.79 Å². The Morgan fingerprint density at radius 1 is 1.36 bits per heavy atom. The first-order chi connectivity index (χ1) is 10.7. The van der Waals surface area contributed by atoms with Crippen LogP contribution in [0.4, 0.5) is 0 Å². The molecule has 0 radical (unpaired) electrons. The molecule has 0 unspecified atom stereocenters. The number of nitrogens with one attached hydrogen (secondary N) is 1. The number of hydrogen-bond acceptors (Lipinski definition) is 4. The number of piperidine rings is 1. The third kappa shape index (κ3) is 3.36. The molecule has 3 rings (SSSR count). The van der Waals surface area contributed by atoms with Crippen LogP contribution in [0, 0.1) is 24.7 Å². The van der Waals surface area contributed by atoms with E-state index in [1.165, 1.54) is 0 Å². The third-order valence-corrected chi connectivity index (χ3v) is 5.09. The molecule has 22 heavy (non-hydrogen) atoms. The van der Waals surface area contributed by atoms with Crippen LogP contribution in [0.1, 0.15) is 24.4 Å².